The van der Waals surface area contributed by atoms with Gasteiger partial charge in [0, 0.05) is 12.1 Å². The largest absolute Gasteiger partial charge is 0.495 e. The fourth-order valence-corrected chi connectivity index (χ4v) is 1.71. The molecule has 90 valence electrons. The molecule has 16 heavy (non-hydrogen) atoms. The third kappa shape index (κ3) is 2.59. The van der Waals surface area contributed by atoms with Crippen LogP contribution in [0.4, 0.5) is 13.2 Å². The Bertz CT molecular complexity index is 368. The number of para-hydroxylation sites is 1. The third-order valence-corrected chi connectivity index (χ3v) is 2.51. The summed E-state index contributed by atoms with van der Waals surface area (Å²) in [6.45, 7) is -0.541. The van der Waals surface area contributed by atoms with Crippen LogP contribution in [0, 0.1) is 0 Å². The topological polar surface area (TPSA) is 35.2 Å². The van der Waals surface area contributed by atoms with Crippen LogP contribution in [0.3, 0.4) is 0 Å². The van der Waals surface area contributed by atoms with Gasteiger partial charge in [-0.3, -0.25) is 0 Å². The van der Waals surface area contributed by atoms with E-state index in [1.807, 2.05) is 0 Å². The molecule has 0 saturated carbocycles. The van der Waals surface area contributed by atoms with Crippen molar-refractivity contribution in [3.8, 4) is 5.75 Å². The van der Waals surface area contributed by atoms with E-state index < -0.39 is 18.6 Å². The molecule has 0 amide bonds. The number of ether oxygens (including phenoxy) is 1. The molecule has 0 bridgehead atoms. The second kappa shape index (κ2) is 4.93. The van der Waals surface area contributed by atoms with E-state index in [2.05, 4.69) is 0 Å². The Morgan fingerprint density at radius 3 is 2.50 bits per heavy atom. The van der Waals surface area contributed by atoms with Gasteiger partial charge in [-0.2, -0.15) is 13.2 Å². The summed E-state index contributed by atoms with van der Waals surface area (Å²) in [7, 11) is 1.27. The molecule has 6 heteroatoms. The molecule has 0 aliphatic carbocycles. The summed E-state index contributed by atoms with van der Waals surface area (Å²) in [5.74, 6) is -1.74. The smallest absolute Gasteiger partial charge is 0.397 e. The van der Waals surface area contributed by atoms with E-state index in [9.17, 15) is 13.2 Å². The predicted molar refractivity (Wildman–Crippen MR) is 55.9 cm³/mol. The Labute approximate surface area is 96.1 Å². The first-order chi connectivity index (χ1) is 7.41. The molecule has 2 nitrogen and oxygen atoms in total. The van der Waals surface area contributed by atoms with Crippen molar-refractivity contribution in [3.63, 3.8) is 0 Å². The van der Waals surface area contributed by atoms with Crippen molar-refractivity contribution in [1.29, 1.82) is 0 Å². The van der Waals surface area contributed by atoms with Gasteiger partial charge in [0.05, 0.1) is 18.1 Å². The van der Waals surface area contributed by atoms with E-state index in [1.165, 1.54) is 25.3 Å². The molecule has 1 aromatic carbocycles. The fraction of sp³-hybridized carbons (Fsp3) is 0.400. The average Bonchev–Trinajstić information content (AvgIpc) is 2.17. The van der Waals surface area contributed by atoms with Gasteiger partial charge < -0.3 is 10.5 Å². The van der Waals surface area contributed by atoms with Crippen molar-refractivity contribution < 1.29 is 17.9 Å². The summed E-state index contributed by atoms with van der Waals surface area (Å²) >= 11 is 5.75. The zero-order valence-electron chi connectivity index (χ0n) is 8.51. The molecule has 0 radical (unpaired) electrons. The minimum Gasteiger partial charge on any atom is -0.495 e. The highest BCUT2D eigenvalue weighted by molar-refractivity contribution is 6.32. The van der Waals surface area contributed by atoms with E-state index >= 15 is 0 Å². The maximum absolute atomic E-state index is 12.7. The van der Waals surface area contributed by atoms with E-state index in [0.29, 0.717) is 0 Å². The Morgan fingerprint density at radius 2 is 2.06 bits per heavy atom. The summed E-state index contributed by atoms with van der Waals surface area (Å²) in [5, 5.41) is 0.141. The van der Waals surface area contributed by atoms with Crippen LogP contribution in [0.1, 0.15) is 11.5 Å². The SMILES string of the molecule is COc1c(Cl)cccc1C(CN)C(F)(F)F. The normalized spacial score (nSPS) is 13.6. The Kier molecular flexibility index (Phi) is 4.04. The van der Waals surface area contributed by atoms with Gasteiger partial charge >= 0.3 is 6.18 Å². The van der Waals surface area contributed by atoms with E-state index in [0.717, 1.165) is 0 Å². The van der Waals surface area contributed by atoms with Crippen molar-refractivity contribution in [2.24, 2.45) is 5.73 Å². The Hall–Kier alpha value is -0.940. The van der Waals surface area contributed by atoms with Gasteiger partial charge in [-0.1, -0.05) is 23.7 Å². The number of nitrogens with two attached hydrogens (primary N) is 1. The summed E-state index contributed by atoms with van der Waals surface area (Å²) in [6, 6.07) is 4.22. The minimum atomic E-state index is -4.41. The number of halogens is 4. The molecule has 1 atom stereocenters. The molecule has 1 aromatic rings. The van der Waals surface area contributed by atoms with Crippen LogP contribution in [-0.4, -0.2) is 19.8 Å². The molecule has 0 aliphatic heterocycles. The van der Waals surface area contributed by atoms with Gasteiger partial charge in [-0.05, 0) is 6.07 Å². The van der Waals surface area contributed by atoms with Gasteiger partial charge in [-0.15, -0.1) is 0 Å². The molecule has 0 spiro atoms. The predicted octanol–water partition coefficient (Wildman–Crippen LogP) is 2.95. The maximum atomic E-state index is 12.7. The van der Waals surface area contributed by atoms with Crippen molar-refractivity contribution in [2.75, 3.05) is 13.7 Å². The lowest BCUT2D eigenvalue weighted by atomic mass is 9.97. The monoisotopic (exact) mass is 253 g/mol. The third-order valence-electron chi connectivity index (χ3n) is 2.21. The number of hydrogen-bond donors (Lipinski definition) is 1. The van der Waals surface area contributed by atoms with Crippen molar-refractivity contribution in [1.82, 2.24) is 0 Å². The Balaban J connectivity index is 3.25. The molecule has 0 aliphatic rings. The first-order valence-electron chi connectivity index (χ1n) is 4.51. The minimum absolute atomic E-state index is 0.0249. The van der Waals surface area contributed by atoms with Crippen LogP contribution in [0.5, 0.6) is 5.75 Å². The molecular formula is C10H11ClF3NO. The van der Waals surface area contributed by atoms with Gasteiger partial charge in [0.1, 0.15) is 5.75 Å². The van der Waals surface area contributed by atoms with Gasteiger partial charge in [0.2, 0.25) is 0 Å². The quantitative estimate of drug-likeness (QED) is 0.899. The number of alkyl halides is 3. The van der Waals surface area contributed by atoms with Gasteiger partial charge in [-0.25, -0.2) is 0 Å². The summed E-state index contributed by atoms with van der Waals surface area (Å²) in [6.07, 6.45) is -4.41. The van der Waals surface area contributed by atoms with Crippen LogP contribution >= 0.6 is 11.6 Å². The Morgan fingerprint density at radius 1 is 1.44 bits per heavy atom. The molecule has 1 rings (SSSR count). The van der Waals surface area contributed by atoms with Gasteiger partial charge in [0.25, 0.3) is 0 Å². The number of benzene rings is 1. The molecule has 0 aromatic heterocycles. The zero-order chi connectivity index (χ0) is 12.3. The summed E-state index contributed by atoms with van der Waals surface area (Å²) in [5.41, 5.74) is 5.11. The molecule has 0 fully saturated rings. The van der Waals surface area contributed by atoms with Crippen LogP contribution in [0.15, 0.2) is 18.2 Å². The lowest BCUT2D eigenvalue weighted by Crippen LogP contribution is -2.28. The highest BCUT2D eigenvalue weighted by atomic mass is 35.5. The van der Waals surface area contributed by atoms with Crippen LogP contribution in [-0.2, 0) is 0 Å². The zero-order valence-corrected chi connectivity index (χ0v) is 9.27. The first-order valence-corrected chi connectivity index (χ1v) is 4.88. The second-order valence-electron chi connectivity index (χ2n) is 3.19. The standard InChI is InChI=1S/C10H11ClF3NO/c1-16-9-6(3-2-4-8(9)11)7(5-15)10(12,13)14/h2-4,7H,5,15H2,1H3. The number of methoxy groups -OCH3 is 1. The van der Waals surface area contributed by atoms with Crippen LogP contribution in [0.2, 0.25) is 5.02 Å². The van der Waals surface area contributed by atoms with Gasteiger partial charge in [0.15, 0.2) is 0 Å². The highest BCUT2D eigenvalue weighted by Gasteiger charge is 2.41. The van der Waals surface area contributed by atoms with Crippen LogP contribution in [0.25, 0.3) is 0 Å². The number of rotatable bonds is 3. The van der Waals surface area contributed by atoms with Crippen molar-refractivity contribution in [2.45, 2.75) is 12.1 Å². The molecule has 1 unspecified atom stereocenters. The highest BCUT2D eigenvalue weighted by Crippen LogP contribution is 2.40. The number of hydrogen-bond acceptors (Lipinski definition) is 2. The average molecular weight is 254 g/mol. The molecular weight excluding hydrogens is 243 g/mol. The fourth-order valence-electron chi connectivity index (χ4n) is 1.45. The van der Waals surface area contributed by atoms with E-state index in [-0.39, 0.29) is 16.3 Å². The molecule has 0 saturated heterocycles. The summed E-state index contributed by atoms with van der Waals surface area (Å²) in [4.78, 5) is 0. The summed E-state index contributed by atoms with van der Waals surface area (Å²) < 4.78 is 42.9. The first kappa shape index (κ1) is 13.1. The molecule has 2 N–H and O–H groups in total. The van der Waals surface area contributed by atoms with Crippen LogP contribution < -0.4 is 10.5 Å². The molecule has 0 heterocycles. The van der Waals surface area contributed by atoms with E-state index in [1.54, 1.807) is 0 Å². The van der Waals surface area contributed by atoms with Crippen molar-refractivity contribution in [3.05, 3.63) is 28.8 Å². The maximum Gasteiger partial charge on any atom is 0.397 e. The lowest BCUT2D eigenvalue weighted by Gasteiger charge is -2.21. The van der Waals surface area contributed by atoms with Crippen molar-refractivity contribution >= 4 is 11.6 Å². The lowest BCUT2D eigenvalue weighted by molar-refractivity contribution is -0.148. The van der Waals surface area contributed by atoms with E-state index in [4.69, 9.17) is 22.1 Å². The second-order valence-corrected chi connectivity index (χ2v) is 3.60.